The van der Waals surface area contributed by atoms with Crippen LogP contribution in [0.4, 0.5) is 46.8 Å². The summed E-state index contributed by atoms with van der Waals surface area (Å²) in [6.45, 7) is 1.03. The normalized spacial score (nSPS) is 15.4. The first-order chi connectivity index (χ1) is 21.9. The lowest BCUT2D eigenvalue weighted by molar-refractivity contribution is -0.192. The van der Waals surface area contributed by atoms with Crippen molar-refractivity contribution in [3.05, 3.63) is 81.4 Å². The van der Waals surface area contributed by atoms with Gasteiger partial charge in [-0.1, -0.05) is 23.7 Å². The van der Waals surface area contributed by atoms with Crippen LogP contribution in [0.5, 0.6) is 0 Å². The van der Waals surface area contributed by atoms with Crippen molar-refractivity contribution in [3.8, 4) is 0 Å². The van der Waals surface area contributed by atoms with Gasteiger partial charge >= 0.3 is 18.2 Å². The number of aliphatic carboxylic acids is 1. The SMILES string of the molecule is O=C(Nc1ccc2cc1CCc1cccc(c1)Nc1ncc(Cl)c(n1)N2)N[C@H]1CCN(C(=O)c2nccs2)C1.O=C(O)C(F)(F)F. The highest BCUT2D eigenvalue weighted by Crippen LogP contribution is 2.29. The first-order valence-corrected chi connectivity index (χ1v) is 15.0. The molecule has 0 aliphatic carbocycles. The molecule has 17 heteroatoms. The number of fused-ring (bicyclic) bond motifs is 6. The Morgan fingerprint density at radius 3 is 2.59 bits per heavy atom. The zero-order valence-corrected chi connectivity index (χ0v) is 25.3. The summed E-state index contributed by atoms with van der Waals surface area (Å²) in [5.41, 5.74) is 4.48. The molecule has 0 spiro atoms. The Morgan fingerprint density at radius 1 is 1.07 bits per heavy atom. The molecule has 4 aromatic rings. The number of hydrogen-bond acceptors (Lipinski definition) is 9. The predicted octanol–water partition coefficient (Wildman–Crippen LogP) is 5.84. The minimum absolute atomic E-state index is 0.0979. The van der Waals surface area contributed by atoms with Crippen LogP contribution in [0.2, 0.25) is 5.02 Å². The smallest absolute Gasteiger partial charge is 0.475 e. The maximum Gasteiger partial charge on any atom is 0.490 e. The fourth-order valence-electron chi connectivity index (χ4n) is 4.74. The van der Waals surface area contributed by atoms with Crippen molar-refractivity contribution in [3.63, 3.8) is 0 Å². The lowest BCUT2D eigenvalue weighted by atomic mass is 10.0. The van der Waals surface area contributed by atoms with Gasteiger partial charge in [-0.2, -0.15) is 18.2 Å². The summed E-state index contributed by atoms with van der Waals surface area (Å²) in [6.07, 6.45) is 0.247. The number of amides is 3. The van der Waals surface area contributed by atoms with Gasteiger partial charge in [-0.25, -0.2) is 19.6 Å². The highest BCUT2D eigenvalue weighted by atomic mass is 35.5. The van der Waals surface area contributed by atoms with Gasteiger partial charge < -0.3 is 31.3 Å². The van der Waals surface area contributed by atoms with Crippen LogP contribution in [0, 0.1) is 0 Å². The van der Waals surface area contributed by atoms with Gasteiger partial charge in [0.1, 0.15) is 5.02 Å². The minimum atomic E-state index is -5.08. The molecule has 1 fully saturated rings. The van der Waals surface area contributed by atoms with Crippen molar-refractivity contribution in [2.75, 3.05) is 29.0 Å². The second-order valence-corrected chi connectivity index (χ2v) is 11.5. The van der Waals surface area contributed by atoms with E-state index in [1.54, 1.807) is 22.7 Å². The number of urea groups is 1. The quantitative estimate of drug-likeness (QED) is 0.180. The number of benzene rings is 2. The van der Waals surface area contributed by atoms with E-state index in [1.807, 2.05) is 30.3 Å². The molecule has 240 valence electrons. The van der Waals surface area contributed by atoms with Gasteiger partial charge in [0.05, 0.1) is 6.20 Å². The number of thiazole rings is 1. The third-order valence-electron chi connectivity index (χ3n) is 6.89. The van der Waals surface area contributed by atoms with E-state index in [0.29, 0.717) is 53.4 Å². The van der Waals surface area contributed by atoms with Gasteiger partial charge in [-0.05, 0) is 60.7 Å². The third-order valence-corrected chi connectivity index (χ3v) is 7.93. The van der Waals surface area contributed by atoms with Gasteiger partial charge in [-0.3, -0.25) is 4.79 Å². The number of aromatic nitrogens is 3. The van der Waals surface area contributed by atoms with Crippen LogP contribution in [0.3, 0.4) is 0 Å². The number of carbonyl (C=O) groups excluding carboxylic acids is 2. The molecule has 1 saturated heterocycles. The van der Waals surface area contributed by atoms with Crippen molar-refractivity contribution in [1.82, 2.24) is 25.2 Å². The number of carboxylic acids is 1. The number of carboxylic acid groups (broad SMARTS) is 1. The monoisotopic (exact) mass is 674 g/mol. The largest absolute Gasteiger partial charge is 0.490 e. The summed E-state index contributed by atoms with van der Waals surface area (Å²) in [4.78, 5) is 49.1. The summed E-state index contributed by atoms with van der Waals surface area (Å²) >= 11 is 7.69. The van der Waals surface area contributed by atoms with Crippen LogP contribution in [-0.4, -0.2) is 68.2 Å². The maximum atomic E-state index is 13.0. The summed E-state index contributed by atoms with van der Waals surface area (Å²) in [7, 11) is 0. The van der Waals surface area contributed by atoms with Crippen molar-refractivity contribution in [1.29, 1.82) is 0 Å². The molecule has 1 atom stereocenters. The fraction of sp³-hybridized carbons (Fsp3) is 0.241. The molecule has 2 aliphatic rings. The highest BCUT2D eigenvalue weighted by Gasteiger charge is 2.38. The highest BCUT2D eigenvalue weighted by molar-refractivity contribution is 7.11. The fourth-order valence-corrected chi connectivity index (χ4v) is 5.48. The van der Waals surface area contributed by atoms with Crippen LogP contribution in [0.25, 0.3) is 0 Å². The molecule has 6 rings (SSSR count). The molecule has 2 aromatic carbocycles. The van der Waals surface area contributed by atoms with Crippen LogP contribution >= 0.6 is 22.9 Å². The second kappa shape index (κ2) is 14.0. The number of nitrogens with one attached hydrogen (secondary N) is 4. The Balaban J connectivity index is 0.000000537. The molecule has 0 unspecified atom stereocenters. The number of carbonyl (C=O) groups is 3. The van der Waals surface area contributed by atoms with Gasteiger partial charge in [0.25, 0.3) is 5.91 Å². The summed E-state index contributed by atoms with van der Waals surface area (Å²) in [6, 6.07) is 13.4. The Morgan fingerprint density at radius 2 is 1.85 bits per heavy atom. The summed E-state index contributed by atoms with van der Waals surface area (Å²) in [5, 5.41) is 22.3. The topological polar surface area (TPSA) is 161 Å². The Kier molecular flexibility index (Phi) is 9.87. The molecule has 46 heavy (non-hydrogen) atoms. The van der Waals surface area contributed by atoms with E-state index in [2.05, 4.69) is 48.4 Å². The molecule has 6 bridgehead atoms. The summed E-state index contributed by atoms with van der Waals surface area (Å²) < 4.78 is 31.7. The van der Waals surface area contributed by atoms with E-state index in [9.17, 15) is 22.8 Å². The van der Waals surface area contributed by atoms with Crippen molar-refractivity contribution in [2.45, 2.75) is 31.5 Å². The second-order valence-electron chi connectivity index (χ2n) is 10.2. The molecule has 3 amide bonds. The molecule has 5 N–H and O–H groups in total. The molecule has 4 heterocycles. The number of anilines is 5. The van der Waals surface area contributed by atoms with Crippen LogP contribution in [0.1, 0.15) is 27.3 Å². The molecule has 2 aromatic heterocycles. The zero-order chi connectivity index (χ0) is 32.8. The van der Waals surface area contributed by atoms with Gasteiger partial charge in [-0.15, -0.1) is 11.3 Å². The van der Waals surface area contributed by atoms with E-state index >= 15 is 0 Å². The van der Waals surface area contributed by atoms with Crippen molar-refractivity contribution in [2.24, 2.45) is 0 Å². The van der Waals surface area contributed by atoms with Gasteiger partial charge in [0, 0.05) is 47.8 Å². The van der Waals surface area contributed by atoms with Crippen molar-refractivity contribution < 1.29 is 32.7 Å². The number of alkyl halides is 3. The number of halogens is 4. The first kappa shape index (κ1) is 32.4. The number of aryl methyl sites for hydroxylation is 2. The van der Waals surface area contributed by atoms with Gasteiger partial charge in [0.15, 0.2) is 10.8 Å². The molecular weight excluding hydrogens is 649 g/mol. The molecule has 0 saturated carbocycles. The molecule has 0 radical (unpaired) electrons. The van der Waals surface area contributed by atoms with E-state index in [1.165, 1.54) is 11.3 Å². The lowest BCUT2D eigenvalue weighted by Crippen LogP contribution is -2.40. The molecule has 12 nitrogen and oxygen atoms in total. The van der Waals surface area contributed by atoms with Crippen molar-refractivity contribution >= 4 is 69.7 Å². The Hall–Kier alpha value is -4.96. The third kappa shape index (κ3) is 8.39. The van der Waals surface area contributed by atoms with E-state index in [4.69, 9.17) is 21.5 Å². The lowest BCUT2D eigenvalue weighted by Gasteiger charge is -2.18. The first-order valence-electron chi connectivity index (χ1n) is 13.8. The molecule has 2 aliphatic heterocycles. The number of nitrogens with zero attached hydrogens (tertiary/aromatic N) is 4. The number of hydrogen-bond donors (Lipinski definition) is 5. The zero-order valence-electron chi connectivity index (χ0n) is 23.8. The Bertz CT molecular complexity index is 1740. The minimum Gasteiger partial charge on any atom is -0.475 e. The molecular formula is C29H26ClF3N8O4S. The van der Waals surface area contributed by atoms with Crippen LogP contribution < -0.4 is 21.3 Å². The Labute approximate surface area is 269 Å². The summed E-state index contributed by atoms with van der Waals surface area (Å²) in [5.74, 6) is -1.94. The van der Waals surface area contributed by atoms with Gasteiger partial charge in [0.2, 0.25) is 5.95 Å². The average Bonchev–Trinajstić information content (AvgIpc) is 3.71. The van der Waals surface area contributed by atoms with Crippen LogP contribution in [-0.2, 0) is 17.6 Å². The predicted molar refractivity (Wildman–Crippen MR) is 166 cm³/mol. The standard InChI is InChI=1S/C27H25ClN8O2S.C2HF3O2/c28-21-14-30-26-32-18-3-1-2-16(12-18)4-5-17-13-19(31-23(21)35-26)6-7-22(17)34-27(38)33-20-8-10-36(15-20)25(37)24-29-9-11-39-24;3-2(4,5)1(6)7/h1-3,6-7,9,11-14,20H,4-5,8,10,15H2,(H2,33,34,38)(H2,30,31,32,35);(H,6,7)/t20-;/m0./s1. The maximum absolute atomic E-state index is 13.0. The van der Waals surface area contributed by atoms with E-state index in [-0.39, 0.29) is 18.0 Å². The number of rotatable bonds is 3. The average molecular weight is 675 g/mol. The number of likely N-dealkylation sites (tertiary alicyclic amines) is 1. The van der Waals surface area contributed by atoms with Crippen LogP contribution in [0.15, 0.2) is 60.2 Å². The van der Waals surface area contributed by atoms with E-state index in [0.717, 1.165) is 28.9 Å². The van der Waals surface area contributed by atoms with E-state index < -0.39 is 12.1 Å².